The zero-order chi connectivity index (χ0) is 29.6. The number of rotatable bonds is 19. The van der Waals surface area contributed by atoms with E-state index in [-0.39, 0.29) is 24.4 Å². The summed E-state index contributed by atoms with van der Waals surface area (Å²) in [6, 6.07) is 7.12. The standard InChI is InChI=1S/C36H53NO4/c1-3-4-5-6-7-8-9-10-11-12-13-14-15-16-17-18-20-23-35(39)41-31-37(2)30-34(32-24-26-33(38)27-25-32)36(40)28-21-19-22-29-36/h4-5,7-8,10-11,13-14,16-17,24-27,34,38,40H,3,6,9,12,15,18-23,28-31H2,1-2H3. The van der Waals surface area contributed by atoms with Gasteiger partial charge < -0.3 is 14.9 Å². The number of aliphatic hydroxyl groups is 1. The molecule has 1 saturated carbocycles. The summed E-state index contributed by atoms with van der Waals surface area (Å²) in [6.45, 7) is 2.93. The molecule has 5 heteroatoms. The smallest absolute Gasteiger partial charge is 0.307 e. The molecule has 41 heavy (non-hydrogen) atoms. The van der Waals surface area contributed by atoms with E-state index in [2.05, 4.69) is 67.7 Å². The first-order chi connectivity index (χ1) is 19.9. The van der Waals surface area contributed by atoms with Crippen LogP contribution >= 0.6 is 0 Å². The summed E-state index contributed by atoms with van der Waals surface area (Å²) in [5.74, 6) is -0.0841. The van der Waals surface area contributed by atoms with Crippen molar-refractivity contribution in [1.29, 1.82) is 0 Å². The van der Waals surface area contributed by atoms with Crippen molar-refractivity contribution in [2.75, 3.05) is 20.3 Å². The van der Waals surface area contributed by atoms with Gasteiger partial charge in [-0.3, -0.25) is 9.69 Å². The minimum atomic E-state index is -0.783. The van der Waals surface area contributed by atoms with Crippen LogP contribution in [0.2, 0.25) is 0 Å². The fourth-order valence-corrected chi connectivity index (χ4v) is 5.16. The van der Waals surface area contributed by atoms with E-state index in [4.69, 9.17) is 4.74 Å². The van der Waals surface area contributed by atoms with E-state index in [1.54, 1.807) is 12.1 Å². The molecule has 2 N–H and O–H groups in total. The molecule has 1 atom stereocenters. The number of phenolic OH excluding ortho intramolecular Hbond substituents is 1. The highest BCUT2D eigenvalue weighted by molar-refractivity contribution is 5.69. The van der Waals surface area contributed by atoms with Crippen LogP contribution in [0.25, 0.3) is 0 Å². The SMILES string of the molecule is CCC=CCC=CCC=CCC=CCC=CCCCC(=O)OCN(C)CC(c1ccc(O)cc1)C1(O)CCCCC1. The third-order valence-electron chi connectivity index (χ3n) is 7.51. The van der Waals surface area contributed by atoms with Gasteiger partial charge in [-0.2, -0.15) is 0 Å². The van der Waals surface area contributed by atoms with Crippen molar-refractivity contribution in [2.24, 2.45) is 0 Å². The van der Waals surface area contributed by atoms with E-state index in [0.717, 1.165) is 82.6 Å². The first kappa shape index (κ1) is 34.3. The number of nitrogens with zero attached hydrogens (tertiary/aromatic N) is 1. The Morgan fingerprint density at radius 1 is 0.878 bits per heavy atom. The Balaban J connectivity index is 1.60. The highest BCUT2D eigenvalue weighted by Crippen LogP contribution is 2.40. The second-order valence-corrected chi connectivity index (χ2v) is 11.1. The van der Waals surface area contributed by atoms with Crippen molar-refractivity contribution in [1.82, 2.24) is 4.90 Å². The molecule has 0 spiro atoms. The molecule has 1 aliphatic rings. The number of carbonyl (C=O) groups excluding carboxylic acids is 1. The van der Waals surface area contributed by atoms with E-state index in [1.165, 1.54) is 0 Å². The minimum absolute atomic E-state index is 0.109. The molecular weight excluding hydrogens is 510 g/mol. The maximum Gasteiger partial charge on any atom is 0.307 e. The summed E-state index contributed by atoms with van der Waals surface area (Å²) >= 11 is 0. The van der Waals surface area contributed by atoms with Crippen LogP contribution in [0, 0.1) is 0 Å². The molecule has 0 heterocycles. The Kier molecular flexibility index (Phi) is 17.5. The molecule has 0 radical (unpaired) electrons. The number of allylic oxidation sites excluding steroid dienone is 10. The molecule has 5 nitrogen and oxygen atoms in total. The van der Waals surface area contributed by atoms with Gasteiger partial charge in [0.2, 0.25) is 0 Å². The van der Waals surface area contributed by atoms with Gasteiger partial charge in [0.05, 0.1) is 5.60 Å². The van der Waals surface area contributed by atoms with Crippen LogP contribution in [-0.4, -0.2) is 47.0 Å². The van der Waals surface area contributed by atoms with Crippen LogP contribution in [0.3, 0.4) is 0 Å². The number of aromatic hydroxyl groups is 1. The predicted molar refractivity (Wildman–Crippen MR) is 171 cm³/mol. The average Bonchev–Trinajstić information content (AvgIpc) is 2.97. The van der Waals surface area contributed by atoms with Crippen molar-refractivity contribution in [3.63, 3.8) is 0 Å². The average molecular weight is 564 g/mol. The highest BCUT2D eigenvalue weighted by atomic mass is 16.5. The Labute approximate surface area is 249 Å². The van der Waals surface area contributed by atoms with Crippen LogP contribution in [0.5, 0.6) is 5.75 Å². The number of hydrogen-bond acceptors (Lipinski definition) is 5. The molecule has 0 aromatic heterocycles. The van der Waals surface area contributed by atoms with Gasteiger partial charge in [-0.15, -0.1) is 0 Å². The number of phenols is 1. The summed E-state index contributed by atoms with van der Waals surface area (Å²) in [5, 5.41) is 21.2. The molecule has 1 unspecified atom stereocenters. The van der Waals surface area contributed by atoms with Crippen LogP contribution in [-0.2, 0) is 9.53 Å². The number of hydrogen-bond donors (Lipinski definition) is 2. The van der Waals surface area contributed by atoms with E-state index in [0.29, 0.717) is 13.0 Å². The van der Waals surface area contributed by atoms with E-state index < -0.39 is 5.60 Å². The molecule has 1 aromatic carbocycles. The normalized spacial score (nSPS) is 16.7. The minimum Gasteiger partial charge on any atom is -0.508 e. The van der Waals surface area contributed by atoms with Gasteiger partial charge in [-0.1, -0.05) is 99.1 Å². The highest BCUT2D eigenvalue weighted by Gasteiger charge is 2.39. The third kappa shape index (κ3) is 15.1. The van der Waals surface area contributed by atoms with Crippen molar-refractivity contribution >= 4 is 5.97 Å². The topological polar surface area (TPSA) is 70.0 Å². The molecule has 0 amide bonds. The molecule has 2 rings (SSSR count). The fourth-order valence-electron chi connectivity index (χ4n) is 5.16. The first-order valence-corrected chi connectivity index (χ1v) is 15.5. The van der Waals surface area contributed by atoms with Crippen LogP contribution in [0.1, 0.15) is 102 Å². The lowest BCUT2D eigenvalue weighted by atomic mass is 9.72. The first-order valence-electron chi connectivity index (χ1n) is 15.5. The monoisotopic (exact) mass is 563 g/mol. The largest absolute Gasteiger partial charge is 0.508 e. The Morgan fingerprint density at radius 3 is 1.98 bits per heavy atom. The van der Waals surface area contributed by atoms with E-state index in [9.17, 15) is 15.0 Å². The summed E-state index contributed by atoms with van der Waals surface area (Å²) in [4.78, 5) is 14.3. The maximum atomic E-state index is 12.3. The molecule has 1 aliphatic carbocycles. The summed E-state index contributed by atoms with van der Waals surface area (Å²) in [6.07, 6.45) is 33.5. The Bertz CT molecular complexity index is 983. The Hall–Kier alpha value is -2.89. The number of ether oxygens (including phenoxy) is 1. The van der Waals surface area contributed by atoms with E-state index >= 15 is 0 Å². The zero-order valence-electron chi connectivity index (χ0n) is 25.4. The number of unbranched alkanes of at least 4 members (excludes halogenated alkanes) is 1. The lowest BCUT2D eigenvalue weighted by molar-refractivity contribution is -0.148. The Morgan fingerprint density at radius 2 is 1.41 bits per heavy atom. The van der Waals surface area contributed by atoms with Gasteiger partial charge >= 0.3 is 5.97 Å². The second-order valence-electron chi connectivity index (χ2n) is 11.1. The predicted octanol–water partition coefficient (Wildman–Crippen LogP) is 8.53. The summed E-state index contributed by atoms with van der Waals surface area (Å²) < 4.78 is 5.53. The lowest BCUT2D eigenvalue weighted by Crippen LogP contribution is -2.44. The third-order valence-corrected chi connectivity index (χ3v) is 7.51. The van der Waals surface area contributed by atoms with Crippen molar-refractivity contribution in [2.45, 2.75) is 102 Å². The quantitative estimate of drug-likeness (QED) is 0.0764. The van der Waals surface area contributed by atoms with Gasteiger partial charge in [0.15, 0.2) is 0 Å². The van der Waals surface area contributed by atoms with Gasteiger partial charge in [-0.25, -0.2) is 0 Å². The number of carbonyl (C=O) groups is 1. The number of benzene rings is 1. The molecule has 0 aliphatic heterocycles. The maximum absolute atomic E-state index is 12.3. The van der Waals surface area contributed by atoms with Gasteiger partial charge in [0.25, 0.3) is 0 Å². The van der Waals surface area contributed by atoms with Gasteiger partial charge in [0, 0.05) is 18.9 Å². The molecule has 0 saturated heterocycles. The lowest BCUT2D eigenvalue weighted by Gasteiger charge is -2.41. The fraction of sp³-hybridized carbons (Fsp3) is 0.528. The van der Waals surface area contributed by atoms with Gasteiger partial charge in [-0.05, 0) is 82.5 Å². The van der Waals surface area contributed by atoms with Gasteiger partial charge in [0.1, 0.15) is 12.5 Å². The molecule has 1 aromatic rings. The zero-order valence-corrected chi connectivity index (χ0v) is 25.4. The molecular formula is C36H53NO4. The van der Waals surface area contributed by atoms with Crippen molar-refractivity contribution in [3.8, 4) is 5.75 Å². The summed E-state index contributed by atoms with van der Waals surface area (Å²) in [5.41, 5.74) is 0.219. The molecule has 0 bridgehead atoms. The molecule has 226 valence electrons. The van der Waals surface area contributed by atoms with Crippen LogP contribution in [0.4, 0.5) is 0 Å². The molecule has 1 fully saturated rings. The van der Waals surface area contributed by atoms with Crippen molar-refractivity contribution < 1.29 is 19.7 Å². The summed E-state index contributed by atoms with van der Waals surface area (Å²) in [7, 11) is 1.92. The number of esters is 1. The van der Waals surface area contributed by atoms with Crippen LogP contribution < -0.4 is 0 Å². The van der Waals surface area contributed by atoms with Crippen molar-refractivity contribution in [3.05, 3.63) is 90.6 Å². The number of likely N-dealkylation sites (N-methyl/N-ethyl adjacent to an activating group) is 1. The van der Waals surface area contributed by atoms with Crippen LogP contribution in [0.15, 0.2) is 85.0 Å². The van der Waals surface area contributed by atoms with E-state index in [1.807, 2.05) is 24.1 Å². The second kappa shape index (κ2) is 20.9.